The second-order valence-corrected chi connectivity index (χ2v) is 8.56. The number of benzene rings is 2. The highest BCUT2D eigenvalue weighted by Gasteiger charge is 2.33. The van der Waals surface area contributed by atoms with Gasteiger partial charge < -0.3 is 14.6 Å². The second kappa shape index (κ2) is 9.55. The molecule has 11 heteroatoms. The number of aromatic hydroxyl groups is 1. The van der Waals surface area contributed by atoms with Crippen molar-refractivity contribution >= 4 is 29.1 Å². The number of allylic oxidation sites excluding steroid dienone is 1. The van der Waals surface area contributed by atoms with Crippen LogP contribution in [0.2, 0.25) is 0 Å². The molecular formula is C24H21N3O7S. The van der Waals surface area contributed by atoms with Gasteiger partial charge in [-0.05, 0) is 37.6 Å². The number of hydrogen-bond acceptors (Lipinski definition) is 9. The van der Waals surface area contributed by atoms with E-state index in [0.29, 0.717) is 21.8 Å². The number of rotatable bonds is 6. The van der Waals surface area contributed by atoms with Gasteiger partial charge in [0.2, 0.25) is 5.75 Å². The molecule has 1 atom stereocenters. The molecule has 0 saturated heterocycles. The molecule has 4 rings (SSSR count). The monoisotopic (exact) mass is 495 g/mol. The Bertz CT molecular complexity index is 1550. The van der Waals surface area contributed by atoms with Crippen molar-refractivity contribution in [3.05, 3.63) is 94.7 Å². The van der Waals surface area contributed by atoms with Gasteiger partial charge >= 0.3 is 11.7 Å². The minimum absolute atomic E-state index is 0.115. The number of para-hydroxylation sites is 1. The summed E-state index contributed by atoms with van der Waals surface area (Å²) >= 11 is 1.05. The van der Waals surface area contributed by atoms with Gasteiger partial charge in [0.25, 0.3) is 5.56 Å². The first kappa shape index (κ1) is 23.9. The van der Waals surface area contributed by atoms with Gasteiger partial charge in [-0.25, -0.2) is 9.79 Å². The molecule has 0 spiro atoms. The lowest BCUT2D eigenvalue weighted by Gasteiger charge is -2.25. The van der Waals surface area contributed by atoms with Crippen molar-refractivity contribution in [3.8, 4) is 11.5 Å². The van der Waals surface area contributed by atoms with E-state index in [-0.39, 0.29) is 22.3 Å². The van der Waals surface area contributed by atoms with Crippen LogP contribution >= 0.6 is 11.3 Å². The van der Waals surface area contributed by atoms with Crippen LogP contribution in [0, 0.1) is 10.1 Å². The van der Waals surface area contributed by atoms with Crippen LogP contribution in [0.25, 0.3) is 6.08 Å². The number of phenolic OH excluding ortho intramolecular Hbond substituents is 1. The zero-order valence-corrected chi connectivity index (χ0v) is 19.9. The fourth-order valence-electron chi connectivity index (χ4n) is 3.87. The first-order valence-corrected chi connectivity index (χ1v) is 11.4. The number of carbonyl (C=O) groups is 1. The normalized spacial score (nSPS) is 15.4. The topological polar surface area (TPSA) is 133 Å². The van der Waals surface area contributed by atoms with Crippen LogP contribution in [0.1, 0.15) is 31.0 Å². The maximum atomic E-state index is 13.6. The standard InChI is InChI=1S/C24H21N3O7S/c1-4-34-23(30)19-13(2)25-24-26(20(19)14-7-5-9-16(11-14)33-3)22(29)18(35-24)12-15-8-6-10-17(21(15)28)27(31)32/h5-12,20,28H,4H2,1-3H3/b18-12-. The molecule has 1 aromatic heterocycles. The summed E-state index contributed by atoms with van der Waals surface area (Å²) in [5.41, 5.74) is 0.416. The fourth-order valence-corrected chi connectivity index (χ4v) is 4.91. The zero-order chi connectivity index (χ0) is 25.3. The Labute approximate surface area is 202 Å². The predicted molar refractivity (Wildman–Crippen MR) is 128 cm³/mol. The lowest BCUT2D eigenvalue weighted by Crippen LogP contribution is -2.39. The van der Waals surface area contributed by atoms with Gasteiger partial charge in [0, 0.05) is 11.6 Å². The molecule has 0 fully saturated rings. The quantitative estimate of drug-likeness (QED) is 0.315. The highest BCUT2D eigenvalue weighted by molar-refractivity contribution is 7.07. The van der Waals surface area contributed by atoms with Gasteiger partial charge in [-0.3, -0.25) is 19.5 Å². The Kier molecular flexibility index (Phi) is 6.52. The van der Waals surface area contributed by atoms with Crippen LogP contribution in [0.15, 0.2) is 63.5 Å². The second-order valence-electron chi connectivity index (χ2n) is 7.55. The minimum atomic E-state index is -0.832. The first-order valence-electron chi connectivity index (χ1n) is 10.6. The molecule has 0 radical (unpaired) electrons. The van der Waals surface area contributed by atoms with Crippen LogP contribution in [-0.2, 0) is 9.53 Å². The largest absolute Gasteiger partial charge is 0.502 e. The number of esters is 1. The summed E-state index contributed by atoms with van der Waals surface area (Å²) in [4.78, 5) is 41.8. The third kappa shape index (κ3) is 4.33. The molecule has 1 aliphatic heterocycles. The van der Waals surface area contributed by atoms with Crippen molar-refractivity contribution in [2.45, 2.75) is 19.9 Å². The van der Waals surface area contributed by atoms with E-state index in [4.69, 9.17) is 9.47 Å². The summed E-state index contributed by atoms with van der Waals surface area (Å²) in [6.45, 7) is 3.51. The number of ether oxygens (including phenoxy) is 2. The van der Waals surface area contributed by atoms with Crippen molar-refractivity contribution in [2.24, 2.45) is 4.99 Å². The smallest absolute Gasteiger partial charge is 0.338 e. The minimum Gasteiger partial charge on any atom is -0.502 e. The van der Waals surface area contributed by atoms with E-state index in [0.717, 1.165) is 11.3 Å². The summed E-state index contributed by atoms with van der Waals surface area (Å²) in [6, 6.07) is 10.2. The Balaban J connectivity index is 1.98. The van der Waals surface area contributed by atoms with Gasteiger partial charge in [-0.1, -0.05) is 35.6 Å². The zero-order valence-electron chi connectivity index (χ0n) is 19.0. The molecule has 35 heavy (non-hydrogen) atoms. The van der Waals surface area contributed by atoms with Crippen LogP contribution in [-0.4, -0.2) is 34.3 Å². The van der Waals surface area contributed by atoms with Crippen LogP contribution in [0.4, 0.5) is 5.69 Å². The lowest BCUT2D eigenvalue weighted by molar-refractivity contribution is -0.385. The highest BCUT2D eigenvalue weighted by atomic mass is 32.1. The number of fused-ring (bicyclic) bond motifs is 1. The van der Waals surface area contributed by atoms with Crippen molar-refractivity contribution in [1.29, 1.82) is 0 Å². The molecule has 0 saturated carbocycles. The summed E-state index contributed by atoms with van der Waals surface area (Å²) in [5, 5.41) is 21.5. The molecule has 10 nitrogen and oxygen atoms in total. The van der Waals surface area contributed by atoms with Gasteiger partial charge in [0.1, 0.15) is 5.75 Å². The predicted octanol–water partition coefficient (Wildman–Crippen LogP) is 2.42. The summed E-state index contributed by atoms with van der Waals surface area (Å²) in [7, 11) is 1.52. The SMILES string of the molecule is CCOC(=O)C1=C(C)N=c2s/c(=C\c3cccc([N+](=O)[O-])c3O)c(=O)n2C1c1cccc(OC)c1. The number of thiazole rings is 1. The molecule has 2 heterocycles. The average Bonchev–Trinajstić information content (AvgIpc) is 3.13. The number of hydrogen-bond donors (Lipinski definition) is 1. The number of aromatic nitrogens is 1. The lowest BCUT2D eigenvalue weighted by atomic mass is 9.95. The summed E-state index contributed by atoms with van der Waals surface area (Å²) < 4.78 is 12.2. The Morgan fingerprint density at radius 3 is 2.74 bits per heavy atom. The molecule has 1 aliphatic rings. The molecular weight excluding hydrogens is 474 g/mol. The van der Waals surface area contributed by atoms with E-state index in [2.05, 4.69) is 4.99 Å². The number of nitro groups is 1. The molecule has 0 amide bonds. The fraction of sp³-hybridized carbons (Fsp3) is 0.208. The molecule has 0 bridgehead atoms. The Morgan fingerprint density at radius 1 is 1.31 bits per heavy atom. The van der Waals surface area contributed by atoms with Crippen molar-refractivity contribution in [3.63, 3.8) is 0 Å². The van der Waals surface area contributed by atoms with Crippen LogP contribution in [0.3, 0.4) is 0 Å². The maximum Gasteiger partial charge on any atom is 0.338 e. The number of nitrogens with zero attached hydrogens (tertiary/aromatic N) is 3. The van der Waals surface area contributed by atoms with Gasteiger partial charge in [0.15, 0.2) is 4.80 Å². The van der Waals surface area contributed by atoms with Gasteiger partial charge in [-0.15, -0.1) is 0 Å². The first-order chi connectivity index (χ1) is 16.8. The number of methoxy groups -OCH3 is 1. The molecule has 2 aromatic carbocycles. The molecule has 1 N–H and O–H groups in total. The Morgan fingerprint density at radius 2 is 2.06 bits per heavy atom. The van der Waals surface area contributed by atoms with E-state index in [1.807, 2.05) is 0 Å². The molecule has 1 unspecified atom stereocenters. The average molecular weight is 496 g/mol. The maximum absolute atomic E-state index is 13.6. The highest BCUT2D eigenvalue weighted by Crippen LogP contribution is 2.33. The van der Waals surface area contributed by atoms with Crippen molar-refractivity contribution < 1.29 is 24.3 Å². The van der Waals surface area contributed by atoms with Crippen molar-refractivity contribution in [2.75, 3.05) is 13.7 Å². The third-order valence-corrected chi connectivity index (χ3v) is 6.44. The summed E-state index contributed by atoms with van der Waals surface area (Å²) in [5.74, 6) is -0.591. The van der Waals surface area contributed by atoms with E-state index in [1.165, 1.54) is 36.0 Å². The van der Waals surface area contributed by atoms with Crippen LogP contribution in [0.5, 0.6) is 11.5 Å². The number of nitro benzene ring substituents is 1. The van der Waals surface area contributed by atoms with Gasteiger partial charge in [-0.2, -0.15) is 0 Å². The third-order valence-electron chi connectivity index (χ3n) is 5.46. The number of phenols is 1. The van der Waals surface area contributed by atoms with Crippen molar-refractivity contribution in [1.82, 2.24) is 4.57 Å². The summed E-state index contributed by atoms with van der Waals surface area (Å²) in [6.07, 6.45) is 1.37. The van der Waals surface area contributed by atoms with Gasteiger partial charge in [0.05, 0.1) is 40.5 Å². The Hall–Kier alpha value is -4.25. The van der Waals surface area contributed by atoms with E-state index in [9.17, 15) is 24.8 Å². The molecule has 0 aliphatic carbocycles. The van der Waals surface area contributed by atoms with E-state index >= 15 is 0 Å². The molecule has 3 aromatic rings. The van der Waals surface area contributed by atoms with E-state index in [1.54, 1.807) is 38.1 Å². The molecule has 180 valence electrons. The van der Waals surface area contributed by atoms with Crippen LogP contribution < -0.4 is 19.6 Å². The van der Waals surface area contributed by atoms with E-state index < -0.39 is 33.9 Å². The number of carbonyl (C=O) groups excluding carboxylic acids is 1.